The van der Waals surface area contributed by atoms with Gasteiger partial charge in [0.25, 0.3) is 0 Å². The Kier molecular flexibility index (Phi) is 3.67. The highest BCUT2D eigenvalue weighted by atomic mass is 32.1. The zero-order chi connectivity index (χ0) is 17.7. The summed E-state index contributed by atoms with van der Waals surface area (Å²) in [5, 5.41) is 4.75. The lowest BCUT2D eigenvalue weighted by molar-refractivity contribution is 0.509. The zero-order valence-electron chi connectivity index (χ0n) is 15.0. The Bertz CT molecular complexity index is 1110. The van der Waals surface area contributed by atoms with Gasteiger partial charge in [-0.15, -0.1) is 11.3 Å². The van der Waals surface area contributed by atoms with Crippen LogP contribution in [-0.2, 0) is 26.4 Å². The summed E-state index contributed by atoms with van der Waals surface area (Å²) in [7, 11) is 2.07. The van der Waals surface area contributed by atoms with Crippen molar-refractivity contribution in [3.05, 3.63) is 46.9 Å². The van der Waals surface area contributed by atoms with Crippen molar-refractivity contribution in [2.24, 2.45) is 13.0 Å². The van der Waals surface area contributed by atoms with Gasteiger partial charge in [0.2, 0.25) is 0 Å². The SMILES string of the molecule is C[C@H]1CCc2c(sc3ncnc(NCc4nc5ccccc5n4C)c23)C1. The Balaban J connectivity index is 1.50. The molecule has 1 aromatic carbocycles. The third kappa shape index (κ3) is 2.48. The van der Waals surface area contributed by atoms with Gasteiger partial charge in [0.1, 0.15) is 22.8 Å². The molecule has 5 rings (SSSR count). The molecule has 0 bridgehead atoms. The molecule has 5 nitrogen and oxygen atoms in total. The van der Waals surface area contributed by atoms with Crippen LogP contribution >= 0.6 is 11.3 Å². The van der Waals surface area contributed by atoms with Gasteiger partial charge in [-0.05, 0) is 42.9 Å². The van der Waals surface area contributed by atoms with E-state index in [1.54, 1.807) is 6.33 Å². The molecular formula is C20H21N5S. The minimum atomic E-state index is 0.651. The van der Waals surface area contributed by atoms with Gasteiger partial charge in [-0.2, -0.15) is 0 Å². The monoisotopic (exact) mass is 363 g/mol. The Hall–Kier alpha value is -2.47. The van der Waals surface area contributed by atoms with E-state index in [4.69, 9.17) is 4.98 Å². The molecule has 3 aromatic heterocycles. The summed E-state index contributed by atoms with van der Waals surface area (Å²) < 4.78 is 2.14. The fourth-order valence-corrected chi connectivity index (χ4v) is 5.28. The van der Waals surface area contributed by atoms with Gasteiger partial charge in [0, 0.05) is 11.9 Å². The number of rotatable bonds is 3. The minimum Gasteiger partial charge on any atom is -0.362 e. The van der Waals surface area contributed by atoms with Crippen molar-refractivity contribution in [1.29, 1.82) is 0 Å². The van der Waals surface area contributed by atoms with E-state index in [1.807, 2.05) is 23.5 Å². The van der Waals surface area contributed by atoms with Crippen molar-refractivity contribution in [3.8, 4) is 0 Å². The molecule has 0 saturated carbocycles. The van der Waals surface area contributed by atoms with Crippen molar-refractivity contribution in [3.63, 3.8) is 0 Å². The average Bonchev–Trinajstić information content (AvgIpc) is 3.17. The number of anilines is 1. The highest BCUT2D eigenvalue weighted by Gasteiger charge is 2.23. The van der Waals surface area contributed by atoms with E-state index in [0.717, 1.165) is 39.8 Å². The summed E-state index contributed by atoms with van der Waals surface area (Å²) in [4.78, 5) is 16.4. The number of imidazole rings is 1. The molecule has 3 heterocycles. The first-order valence-corrected chi connectivity index (χ1v) is 9.92. The van der Waals surface area contributed by atoms with E-state index >= 15 is 0 Å². The minimum absolute atomic E-state index is 0.651. The van der Waals surface area contributed by atoms with Gasteiger partial charge in [-0.3, -0.25) is 0 Å². The van der Waals surface area contributed by atoms with Crippen LogP contribution in [0.2, 0.25) is 0 Å². The Labute approximate surface area is 156 Å². The van der Waals surface area contributed by atoms with Gasteiger partial charge < -0.3 is 9.88 Å². The van der Waals surface area contributed by atoms with Crippen LogP contribution in [0, 0.1) is 5.92 Å². The van der Waals surface area contributed by atoms with Crippen LogP contribution in [0.25, 0.3) is 21.3 Å². The van der Waals surface area contributed by atoms with Crippen molar-refractivity contribution >= 4 is 38.4 Å². The maximum atomic E-state index is 4.75. The van der Waals surface area contributed by atoms with Crippen LogP contribution in [0.5, 0.6) is 0 Å². The molecule has 26 heavy (non-hydrogen) atoms. The number of fused-ring (bicyclic) bond motifs is 4. The lowest BCUT2D eigenvalue weighted by atomic mass is 9.89. The lowest BCUT2D eigenvalue weighted by Gasteiger charge is -2.18. The first kappa shape index (κ1) is 15.8. The molecule has 6 heteroatoms. The fraction of sp³-hybridized carbons (Fsp3) is 0.350. The van der Waals surface area contributed by atoms with E-state index < -0.39 is 0 Å². The number of thiophene rings is 1. The fourth-order valence-electron chi connectivity index (χ4n) is 3.93. The molecule has 0 radical (unpaired) electrons. The molecule has 0 spiro atoms. The van der Waals surface area contributed by atoms with Crippen LogP contribution in [0.3, 0.4) is 0 Å². The van der Waals surface area contributed by atoms with Gasteiger partial charge in [0.15, 0.2) is 0 Å². The van der Waals surface area contributed by atoms with E-state index in [0.29, 0.717) is 6.54 Å². The number of hydrogen-bond acceptors (Lipinski definition) is 5. The molecule has 0 amide bonds. The Morgan fingerprint density at radius 3 is 3.04 bits per heavy atom. The van der Waals surface area contributed by atoms with Crippen molar-refractivity contribution in [2.75, 3.05) is 5.32 Å². The maximum absolute atomic E-state index is 4.75. The second-order valence-corrected chi connectivity index (χ2v) is 8.27. The highest BCUT2D eigenvalue weighted by molar-refractivity contribution is 7.19. The number of hydrogen-bond donors (Lipinski definition) is 1. The molecule has 0 aliphatic heterocycles. The molecule has 4 aromatic rings. The third-order valence-electron chi connectivity index (χ3n) is 5.39. The van der Waals surface area contributed by atoms with Crippen molar-refractivity contribution < 1.29 is 0 Å². The smallest absolute Gasteiger partial charge is 0.138 e. The average molecular weight is 363 g/mol. The second kappa shape index (κ2) is 6.06. The number of nitrogens with zero attached hydrogens (tertiary/aromatic N) is 4. The first-order chi connectivity index (χ1) is 12.7. The van der Waals surface area contributed by atoms with E-state index in [9.17, 15) is 0 Å². The van der Waals surface area contributed by atoms with Gasteiger partial charge in [-0.25, -0.2) is 15.0 Å². The summed E-state index contributed by atoms with van der Waals surface area (Å²) >= 11 is 1.83. The molecular weight excluding hydrogens is 342 g/mol. The molecule has 0 saturated heterocycles. The number of benzene rings is 1. The van der Waals surface area contributed by atoms with Gasteiger partial charge in [-0.1, -0.05) is 19.1 Å². The number of nitrogens with one attached hydrogen (secondary N) is 1. The van der Waals surface area contributed by atoms with E-state index in [2.05, 4.69) is 46.0 Å². The Morgan fingerprint density at radius 1 is 1.27 bits per heavy atom. The normalized spacial score (nSPS) is 16.9. The van der Waals surface area contributed by atoms with Crippen LogP contribution in [0.1, 0.15) is 29.6 Å². The third-order valence-corrected chi connectivity index (χ3v) is 6.55. The van der Waals surface area contributed by atoms with Crippen LogP contribution in [-0.4, -0.2) is 19.5 Å². The van der Waals surface area contributed by atoms with Gasteiger partial charge >= 0.3 is 0 Å². The van der Waals surface area contributed by atoms with E-state index in [-0.39, 0.29) is 0 Å². The number of para-hydroxylation sites is 2. The van der Waals surface area contributed by atoms with E-state index in [1.165, 1.54) is 28.7 Å². The quantitative estimate of drug-likeness (QED) is 0.589. The van der Waals surface area contributed by atoms with Crippen LogP contribution < -0.4 is 5.32 Å². The molecule has 0 unspecified atom stereocenters. The summed E-state index contributed by atoms with van der Waals surface area (Å²) in [5.74, 6) is 2.71. The lowest BCUT2D eigenvalue weighted by Crippen LogP contribution is -2.10. The van der Waals surface area contributed by atoms with Crippen molar-refractivity contribution in [1.82, 2.24) is 19.5 Å². The molecule has 1 N–H and O–H groups in total. The predicted octanol–water partition coefficient (Wildman–Crippen LogP) is 4.31. The molecule has 1 aliphatic rings. The second-order valence-electron chi connectivity index (χ2n) is 7.18. The molecule has 132 valence electrons. The first-order valence-electron chi connectivity index (χ1n) is 9.10. The summed E-state index contributed by atoms with van der Waals surface area (Å²) in [6.45, 7) is 2.99. The molecule has 0 fully saturated rings. The standard InChI is InChI=1S/C20H21N5S/c1-12-7-8-13-16(9-12)26-20-18(13)19(22-11-23-20)21-10-17-24-14-5-3-4-6-15(14)25(17)2/h3-6,11-12H,7-10H2,1-2H3,(H,21,22,23)/t12-/m0/s1. The summed E-state index contributed by atoms with van der Waals surface area (Å²) in [6.07, 6.45) is 5.22. The van der Waals surface area contributed by atoms with Crippen LogP contribution in [0.4, 0.5) is 5.82 Å². The van der Waals surface area contributed by atoms with Crippen molar-refractivity contribution in [2.45, 2.75) is 32.7 Å². The van der Waals surface area contributed by atoms with Crippen LogP contribution in [0.15, 0.2) is 30.6 Å². The molecule has 1 atom stereocenters. The predicted molar refractivity (Wildman–Crippen MR) is 107 cm³/mol. The van der Waals surface area contributed by atoms with Gasteiger partial charge in [0.05, 0.1) is 23.0 Å². The summed E-state index contributed by atoms with van der Waals surface area (Å²) in [5.41, 5.74) is 3.64. The largest absolute Gasteiger partial charge is 0.362 e. The highest BCUT2D eigenvalue weighted by Crippen LogP contribution is 2.39. The number of aromatic nitrogens is 4. The molecule has 1 aliphatic carbocycles. The maximum Gasteiger partial charge on any atom is 0.138 e. The zero-order valence-corrected chi connectivity index (χ0v) is 15.8. The number of aryl methyl sites for hydroxylation is 2. The topological polar surface area (TPSA) is 55.6 Å². The summed E-state index contributed by atoms with van der Waals surface area (Å²) in [6, 6.07) is 8.23. The Morgan fingerprint density at radius 2 is 2.15 bits per heavy atom.